The number of benzene rings is 1. The van der Waals surface area contributed by atoms with Crippen molar-refractivity contribution in [3.63, 3.8) is 0 Å². The first-order valence-electron chi connectivity index (χ1n) is 10.1. The first-order chi connectivity index (χ1) is 14.3. The standard InChI is InChI=1S/C20H31N7O3/c1-4-5-11-22-17(28)12-27-18(24-25-26-27)16(23-19(29)20(2,3)21)14-30-13-15-9-7-6-8-10-15/h6-10,16H,4-5,11-14,21H2,1-3H3,(H,22,28)(H,23,29)/t16-/m1/s1. The number of nitrogens with two attached hydrogens (primary N) is 1. The fraction of sp³-hybridized carbons (Fsp3) is 0.550. The van der Waals surface area contributed by atoms with Gasteiger partial charge in [0, 0.05) is 6.54 Å². The van der Waals surface area contributed by atoms with E-state index >= 15 is 0 Å². The van der Waals surface area contributed by atoms with Gasteiger partial charge in [-0.1, -0.05) is 43.7 Å². The Labute approximate surface area is 176 Å². The van der Waals surface area contributed by atoms with Crippen LogP contribution in [0.25, 0.3) is 0 Å². The molecule has 1 heterocycles. The van der Waals surface area contributed by atoms with Gasteiger partial charge in [0.15, 0.2) is 5.82 Å². The molecular weight excluding hydrogens is 386 g/mol. The summed E-state index contributed by atoms with van der Waals surface area (Å²) in [5, 5.41) is 17.2. The number of amides is 2. The molecule has 2 rings (SSSR count). The van der Waals surface area contributed by atoms with Crippen LogP contribution in [0.3, 0.4) is 0 Å². The van der Waals surface area contributed by atoms with Crippen molar-refractivity contribution in [3.05, 3.63) is 41.7 Å². The number of rotatable bonds is 12. The monoisotopic (exact) mass is 417 g/mol. The quantitative estimate of drug-likeness (QED) is 0.432. The number of ether oxygens (including phenoxy) is 1. The normalized spacial score (nSPS) is 12.4. The maximum absolute atomic E-state index is 12.5. The molecule has 0 bridgehead atoms. The number of aromatic nitrogens is 4. The molecule has 10 nitrogen and oxygen atoms in total. The second-order valence-corrected chi connectivity index (χ2v) is 7.65. The summed E-state index contributed by atoms with van der Waals surface area (Å²) in [5.74, 6) is -0.254. The topological polar surface area (TPSA) is 137 Å². The Balaban J connectivity index is 2.08. The Kier molecular flexibility index (Phi) is 8.88. The third-order valence-electron chi connectivity index (χ3n) is 4.30. The van der Waals surface area contributed by atoms with Crippen LogP contribution in [0.1, 0.15) is 51.0 Å². The van der Waals surface area contributed by atoms with Crippen molar-refractivity contribution in [3.8, 4) is 0 Å². The summed E-state index contributed by atoms with van der Waals surface area (Å²) in [7, 11) is 0. The molecule has 0 spiro atoms. The van der Waals surface area contributed by atoms with E-state index in [1.807, 2.05) is 37.3 Å². The lowest BCUT2D eigenvalue weighted by Crippen LogP contribution is -2.51. The molecule has 1 atom stereocenters. The van der Waals surface area contributed by atoms with Gasteiger partial charge in [-0.05, 0) is 36.3 Å². The van der Waals surface area contributed by atoms with Crippen LogP contribution in [-0.2, 0) is 27.5 Å². The highest BCUT2D eigenvalue weighted by atomic mass is 16.5. The number of carbonyl (C=O) groups is 2. The first-order valence-corrected chi connectivity index (χ1v) is 10.1. The number of carbonyl (C=O) groups excluding carboxylic acids is 2. The van der Waals surface area contributed by atoms with Crippen LogP contribution in [0.4, 0.5) is 0 Å². The molecule has 2 amide bonds. The minimum atomic E-state index is -1.09. The van der Waals surface area contributed by atoms with Crippen LogP contribution < -0.4 is 16.4 Å². The lowest BCUT2D eigenvalue weighted by molar-refractivity contribution is -0.126. The fourth-order valence-electron chi connectivity index (χ4n) is 2.56. The molecule has 0 unspecified atom stereocenters. The van der Waals surface area contributed by atoms with E-state index < -0.39 is 11.6 Å². The maximum Gasteiger partial charge on any atom is 0.241 e. The van der Waals surface area contributed by atoms with Gasteiger partial charge in [0.25, 0.3) is 0 Å². The Morgan fingerprint density at radius 3 is 2.67 bits per heavy atom. The lowest BCUT2D eigenvalue weighted by atomic mass is 10.1. The Hall–Kier alpha value is -2.85. The van der Waals surface area contributed by atoms with Crippen LogP contribution in [-0.4, -0.2) is 50.7 Å². The average Bonchev–Trinajstić information content (AvgIpc) is 3.15. The first kappa shape index (κ1) is 23.4. The smallest absolute Gasteiger partial charge is 0.241 e. The number of nitrogens with zero attached hydrogens (tertiary/aromatic N) is 4. The van der Waals surface area contributed by atoms with Crippen LogP contribution in [0.2, 0.25) is 0 Å². The summed E-state index contributed by atoms with van der Waals surface area (Å²) in [5.41, 5.74) is 5.82. The fourth-order valence-corrected chi connectivity index (χ4v) is 2.56. The number of hydrogen-bond acceptors (Lipinski definition) is 7. The molecule has 2 aromatic rings. The highest BCUT2D eigenvalue weighted by molar-refractivity contribution is 5.85. The summed E-state index contributed by atoms with van der Waals surface area (Å²) in [6.45, 7) is 6.28. The van der Waals surface area contributed by atoms with Gasteiger partial charge in [-0.25, -0.2) is 4.68 Å². The maximum atomic E-state index is 12.5. The van der Waals surface area contributed by atoms with Crippen LogP contribution in [0.15, 0.2) is 30.3 Å². The predicted octanol–water partition coefficient (Wildman–Crippen LogP) is 0.701. The number of nitrogens with one attached hydrogen (secondary N) is 2. The number of unbranched alkanes of at least 4 members (excludes halogenated alkanes) is 1. The van der Waals surface area contributed by atoms with E-state index in [1.54, 1.807) is 13.8 Å². The van der Waals surface area contributed by atoms with Gasteiger partial charge in [0.1, 0.15) is 12.6 Å². The second-order valence-electron chi connectivity index (χ2n) is 7.65. The van der Waals surface area contributed by atoms with Crippen molar-refractivity contribution in [1.29, 1.82) is 0 Å². The van der Waals surface area contributed by atoms with E-state index in [4.69, 9.17) is 10.5 Å². The van der Waals surface area contributed by atoms with Crippen molar-refractivity contribution in [2.45, 2.75) is 58.3 Å². The SMILES string of the molecule is CCCCNC(=O)Cn1nnnc1[C@@H](COCc1ccccc1)NC(=O)C(C)(C)N. The summed E-state index contributed by atoms with van der Waals surface area (Å²) in [4.78, 5) is 24.6. The van der Waals surface area contributed by atoms with Gasteiger partial charge in [-0.2, -0.15) is 0 Å². The Morgan fingerprint density at radius 1 is 1.27 bits per heavy atom. The van der Waals surface area contributed by atoms with Crippen molar-refractivity contribution >= 4 is 11.8 Å². The Bertz CT molecular complexity index is 802. The lowest BCUT2D eigenvalue weighted by Gasteiger charge is -2.23. The van der Waals surface area contributed by atoms with Crippen molar-refractivity contribution in [1.82, 2.24) is 30.8 Å². The van der Waals surface area contributed by atoms with Crippen molar-refractivity contribution in [2.24, 2.45) is 5.73 Å². The molecule has 0 saturated heterocycles. The van der Waals surface area contributed by atoms with E-state index in [-0.39, 0.29) is 25.0 Å². The zero-order valence-corrected chi connectivity index (χ0v) is 17.8. The minimum Gasteiger partial charge on any atom is -0.374 e. The third-order valence-corrected chi connectivity index (χ3v) is 4.30. The molecule has 0 fully saturated rings. The van der Waals surface area contributed by atoms with E-state index in [1.165, 1.54) is 4.68 Å². The molecule has 0 aliphatic heterocycles. The zero-order chi connectivity index (χ0) is 22.0. The molecule has 164 valence electrons. The zero-order valence-electron chi connectivity index (χ0n) is 17.8. The molecule has 30 heavy (non-hydrogen) atoms. The largest absolute Gasteiger partial charge is 0.374 e. The third kappa shape index (κ3) is 7.53. The van der Waals surface area contributed by atoms with Crippen LogP contribution in [0, 0.1) is 0 Å². The summed E-state index contributed by atoms with van der Waals surface area (Å²) in [6.07, 6.45) is 1.88. The van der Waals surface area contributed by atoms with Gasteiger partial charge in [-0.3, -0.25) is 9.59 Å². The highest BCUT2D eigenvalue weighted by Crippen LogP contribution is 2.13. The molecule has 10 heteroatoms. The molecule has 0 aliphatic rings. The second kappa shape index (κ2) is 11.4. The molecule has 0 saturated carbocycles. The van der Waals surface area contributed by atoms with Gasteiger partial charge >= 0.3 is 0 Å². The number of hydrogen-bond donors (Lipinski definition) is 3. The predicted molar refractivity (Wildman–Crippen MR) is 111 cm³/mol. The summed E-state index contributed by atoms with van der Waals surface area (Å²) < 4.78 is 7.16. The minimum absolute atomic E-state index is 0.0525. The Morgan fingerprint density at radius 2 is 2.00 bits per heavy atom. The molecule has 1 aromatic heterocycles. The molecule has 4 N–H and O–H groups in total. The molecule has 0 aliphatic carbocycles. The van der Waals surface area contributed by atoms with Gasteiger partial charge in [-0.15, -0.1) is 5.10 Å². The van der Waals surface area contributed by atoms with Gasteiger partial charge in [0.05, 0.1) is 18.8 Å². The van der Waals surface area contributed by atoms with Gasteiger partial charge in [0.2, 0.25) is 11.8 Å². The molecule has 0 radical (unpaired) electrons. The van der Waals surface area contributed by atoms with E-state index in [2.05, 4.69) is 26.2 Å². The summed E-state index contributed by atoms with van der Waals surface area (Å²) in [6, 6.07) is 9.00. The van der Waals surface area contributed by atoms with E-state index in [0.717, 1.165) is 18.4 Å². The van der Waals surface area contributed by atoms with Gasteiger partial charge < -0.3 is 21.1 Å². The van der Waals surface area contributed by atoms with Crippen molar-refractivity contribution < 1.29 is 14.3 Å². The van der Waals surface area contributed by atoms with Crippen molar-refractivity contribution in [2.75, 3.05) is 13.2 Å². The van der Waals surface area contributed by atoms with Crippen LogP contribution >= 0.6 is 0 Å². The molecule has 1 aromatic carbocycles. The molecular formula is C20H31N7O3. The summed E-state index contributed by atoms with van der Waals surface area (Å²) >= 11 is 0. The van der Waals surface area contributed by atoms with E-state index in [9.17, 15) is 9.59 Å². The highest BCUT2D eigenvalue weighted by Gasteiger charge is 2.28. The van der Waals surface area contributed by atoms with Crippen LogP contribution in [0.5, 0.6) is 0 Å². The average molecular weight is 418 g/mol. The number of tetrazole rings is 1. The van der Waals surface area contributed by atoms with E-state index in [0.29, 0.717) is 19.0 Å².